The van der Waals surface area contributed by atoms with E-state index in [1.165, 1.54) is 24.3 Å². The summed E-state index contributed by atoms with van der Waals surface area (Å²) >= 11 is 0. The van der Waals surface area contributed by atoms with E-state index in [-0.39, 0.29) is 11.4 Å². The van der Waals surface area contributed by atoms with Crippen molar-refractivity contribution in [3.8, 4) is 23.0 Å². The lowest BCUT2D eigenvalue weighted by atomic mass is 10.1. The Balaban J connectivity index is 1.26. The monoisotopic (exact) mass is 534 g/mol. The SMILES string of the molecule is O=[N+]([O-])c1ccc(Oc2ccc(C=C3NC=CNC3=Cc3ccc(Oc4ccc([N+](=O)[O-])cc4)cc3)cc2)cc1. The number of hydrogen-bond donors (Lipinski definition) is 2. The summed E-state index contributed by atoms with van der Waals surface area (Å²) < 4.78 is 11.6. The Kier molecular flexibility index (Phi) is 7.50. The first-order chi connectivity index (χ1) is 19.4. The molecule has 0 spiro atoms. The zero-order chi connectivity index (χ0) is 27.9. The van der Waals surface area contributed by atoms with Crippen LogP contribution in [0.2, 0.25) is 0 Å². The van der Waals surface area contributed by atoms with E-state index in [0.29, 0.717) is 23.0 Å². The summed E-state index contributed by atoms with van der Waals surface area (Å²) in [4.78, 5) is 20.7. The molecule has 0 unspecified atom stereocenters. The highest BCUT2D eigenvalue weighted by molar-refractivity contribution is 5.66. The maximum atomic E-state index is 10.8. The van der Waals surface area contributed by atoms with Crippen LogP contribution in [0.15, 0.2) is 121 Å². The van der Waals surface area contributed by atoms with Gasteiger partial charge in [0.1, 0.15) is 23.0 Å². The molecule has 0 radical (unpaired) electrons. The third kappa shape index (κ3) is 6.50. The van der Waals surface area contributed by atoms with Crippen LogP contribution in [0, 0.1) is 20.2 Å². The fraction of sp³-hybridized carbons (Fsp3) is 0. The molecule has 5 rings (SSSR count). The minimum atomic E-state index is -0.452. The summed E-state index contributed by atoms with van der Waals surface area (Å²) in [5, 5.41) is 28.1. The Hall–Kier alpha value is -5.90. The van der Waals surface area contributed by atoms with Crippen LogP contribution in [0.4, 0.5) is 11.4 Å². The van der Waals surface area contributed by atoms with E-state index >= 15 is 0 Å². The van der Waals surface area contributed by atoms with Crippen LogP contribution >= 0.6 is 0 Å². The van der Waals surface area contributed by atoms with Gasteiger partial charge in [-0.3, -0.25) is 20.2 Å². The second-order valence-corrected chi connectivity index (χ2v) is 8.58. The molecule has 0 aliphatic carbocycles. The molecule has 4 aromatic rings. The summed E-state index contributed by atoms with van der Waals surface area (Å²) in [7, 11) is 0. The van der Waals surface area contributed by atoms with Crippen molar-refractivity contribution in [3.05, 3.63) is 152 Å². The maximum absolute atomic E-state index is 10.8. The second kappa shape index (κ2) is 11.7. The van der Waals surface area contributed by atoms with Crippen molar-refractivity contribution in [1.82, 2.24) is 10.6 Å². The minimum absolute atomic E-state index is 0.00680. The molecule has 4 aromatic carbocycles. The number of ether oxygens (including phenoxy) is 2. The quantitative estimate of drug-likeness (QED) is 0.180. The molecule has 0 atom stereocenters. The Morgan fingerprint density at radius 3 is 1.10 bits per heavy atom. The number of non-ortho nitro benzene ring substituents is 2. The molecule has 10 nitrogen and oxygen atoms in total. The molecule has 1 aliphatic heterocycles. The highest BCUT2D eigenvalue weighted by Crippen LogP contribution is 2.27. The first-order valence-corrected chi connectivity index (χ1v) is 12.1. The number of nitrogens with zero attached hydrogens (tertiary/aromatic N) is 2. The second-order valence-electron chi connectivity index (χ2n) is 8.58. The largest absolute Gasteiger partial charge is 0.457 e. The fourth-order valence-corrected chi connectivity index (χ4v) is 3.80. The lowest BCUT2D eigenvalue weighted by molar-refractivity contribution is -0.385. The molecule has 0 saturated carbocycles. The summed E-state index contributed by atoms with van der Waals surface area (Å²) in [6.07, 6.45) is 7.58. The van der Waals surface area contributed by atoms with Gasteiger partial charge in [-0.05, 0) is 71.8 Å². The van der Waals surface area contributed by atoms with Crippen LogP contribution in [0.1, 0.15) is 11.1 Å². The van der Waals surface area contributed by atoms with Gasteiger partial charge in [-0.25, -0.2) is 0 Å². The highest BCUT2D eigenvalue weighted by Gasteiger charge is 2.09. The molecule has 0 fully saturated rings. The predicted octanol–water partition coefficient (Wildman–Crippen LogP) is 7.13. The van der Waals surface area contributed by atoms with Crippen molar-refractivity contribution in [3.63, 3.8) is 0 Å². The average Bonchev–Trinajstić information content (AvgIpc) is 2.97. The Morgan fingerprint density at radius 1 is 0.500 bits per heavy atom. The molecule has 0 bridgehead atoms. The van der Waals surface area contributed by atoms with Gasteiger partial charge in [0.05, 0.1) is 21.2 Å². The van der Waals surface area contributed by atoms with Gasteiger partial charge in [0.2, 0.25) is 0 Å². The molecule has 2 N–H and O–H groups in total. The molecular formula is C30H22N4O6. The van der Waals surface area contributed by atoms with Crippen LogP contribution < -0.4 is 20.1 Å². The summed E-state index contributed by atoms with van der Waals surface area (Å²) in [6, 6.07) is 26.8. The first kappa shape index (κ1) is 25.7. The summed E-state index contributed by atoms with van der Waals surface area (Å²) in [6.45, 7) is 0. The van der Waals surface area contributed by atoms with Crippen LogP contribution in [-0.4, -0.2) is 9.85 Å². The van der Waals surface area contributed by atoms with Gasteiger partial charge in [-0.15, -0.1) is 0 Å². The summed E-state index contributed by atoms with van der Waals surface area (Å²) in [5.41, 5.74) is 3.61. The standard InChI is InChI=1S/C30H22N4O6/c35-33(36)23-5-13-27(14-6-23)39-25-9-1-21(2-10-25)19-29-30(32-18-17-31-29)20-22-3-11-26(12-4-22)40-28-15-7-24(8-16-28)34(37)38/h1-20,31-32H. The summed E-state index contributed by atoms with van der Waals surface area (Å²) in [5.74, 6) is 2.23. The molecule has 0 saturated heterocycles. The van der Waals surface area contributed by atoms with E-state index in [0.717, 1.165) is 22.5 Å². The van der Waals surface area contributed by atoms with Crippen LogP contribution in [0.25, 0.3) is 12.2 Å². The van der Waals surface area contributed by atoms with Crippen LogP contribution in [0.3, 0.4) is 0 Å². The van der Waals surface area contributed by atoms with Crippen molar-refractivity contribution >= 4 is 23.5 Å². The molecular weight excluding hydrogens is 512 g/mol. The van der Waals surface area contributed by atoms with Gasteiger partial charge < -0.3 is 20.1 Å². The molecule has 40 heavy (non-hydrogen) atoms. The Morgan fingerprint density at radius 2 is 0.800 bits per heavy atom. The Labute approximate surface area is 228 Å². The molecule has 10 heteroatoms. The average molecular weight is 535 g/mol. The minimum Gasteiger partial charge on any atom is -0.457 e. The topological polar surface area (TPSA) is 129 Å². The number of nitrogens with one attached hydrogen (secondary N) is 2. The van der Waals surface area contributed by atoms with Gasteiger partial charge in [0.15, 0.2) is 0 Å². The smallest absolute Gasteiger partial charge is 0.269 e. The van der Waals surface area contributed by atoms with E-state index in [4.69, 9.17) is 9.47 Å². The molecule has 198 valence electrons. The lowest BCUT2D eigenvalue weighted by Gasteiger charge is -2.17. The van der Waals surface area contributed by atoms with Gasteiger partial charge in [-0.2, -0.15) is 0 Å². The normalized spacial score (nSPS) is 14.3. The zero-order valence-corrected chi connectivity index (χ0v) is 20.9. The van der Waals surface area contributed by atoms with Gasteiger partial charge in [0, 0.05) is 36.7 Å². The van der Waals surface area contributed by atoms with Crippen molar-refractivity contribution in [2.75, 3.05) is 0 Å². The van der Waals surface area contributed by atoms with E-state index in [1.807, 2.05) is 60.7 Å². The maximum Gasteiger partial charge on any atom is 0.269 e. The van der Waals surface area contributed by atoms with E-state index < -0.39 is 9.85 Å². The van der Waals surface area contributed by atoms with Crippen molar-refractivity contribution < 1.29 is 19.3 Å². The van der Waals surface area contributed by atoms with Gasteiger partial charge >= 0.3 is 0 Å². The van der Waals surface area contributed by atoms with E-state index in [9.17, 15) is 20.2 Å². The molecule has 0 amide bonds. The Bertz CT molecular complexity index is 1490. The number of benzene rings is 4. The van der Waals surface area contributed by atoms with Crippen molar-refractivity contribution in [1.29, 1.82) is 0 Å². The van der Waals surface area contributed by atoms with Crippen molar-refractivity contribution in [2.24, 2.45) is 0 Å². The lowest BCUT2D eigenvalue weighted by Crippen LogP contribution is -2.21. The third-order valence-corrected chi connectivity index (χ3v) is 5.80. The first-order valence-electron chi connectivity index (χ1n) is 12.1. The number of hydrogen-bond acceptors (Lipinski definition) is 8. The number of rotatable bonds is 8. The molecule has 1 aliphatic rings. The van der Waals surface area contributed by atoms with E-state index in [1.54, 1.807) is 36.7 Å². The third-order valence-electron chi connectivity index (χ3n) is 5.80. The van der Waals surface area contributed by atoms with Gasteiger partial charge in [-0.1, -0.05) is 24.3 Å². The number of nitro groups is 2. The van der Waals surface area contributed by atoms with Gasteiger partial charge in [0.25, 0.3) is 11.4 Å². The predicted molar refractivity (Wildman–Crippen MR) is 151 cm³/mol. The zero-order valence-electron chi connectivity index (χ0n) is 20.9. The van der Waals surface area contributed by atoms with Crippen LogP contribution in [-0.2, 0) is 0 Å². The van der Waals surface area contributed by atoms with Crippen LogP contribution in [0.5, 0.6) is 23.0 Å². The van der Waals surface area contributed by atoms with E-state index in [2.05, 4.69) is 10.6 Å². The molecule has 0 aromatic heterocycles. The van der Waals surface area contributed by atoms with Crippen molar-refractivity contribution in [2.45, 2.75) is 0 Å². The highest BCUT2D eigenvalue weighted by atomic mass is 16.6. The number of nitro benzene ring substituents is 2. The molecule has 1 heterocycles. The fourth-order valence-electron chi connectivity index (χ4n) is 3.80.